The van der Waals surface area contributed by atoms with Crippen LogP contribution in [0, 0.1) is 0 Å². The molecule has 0 aliphatic rings. The van der Waals surface area contributed by atoms with Gasteiger partial charge in [0.25, 0.3) is 0 Å². The minimum atomic E-state index is -0.467. The Morgan fingerprint density at radius 2 is 1.89 bits per heavy atom. The molecule has 1 aromatic carbocycles. The molecule has 18 heavy (non-hydrogen) atoms. The van der Waals surface area contributed by atoms with Crippen LogP contribution in [0.3, 0.4) is 0 Å². The third kappa shape index (κ3) is 5.57. The van der Waals surface area contributed by atoms with Crippen LogP contribution in [0.25, 0.3) is 0 Å². The van der Waals surface area contributed by atoms with Crippen LogP contribution in [0.15, 0.2) is 24.3 Å². The Morgan fingerprint density at radius 1 is 1.33 bits per heavy atom. The van der Waals surface area contributed by atoms with E-state index >= 15 is 0 Å². The lowest BCUT2D eigenvalue weighted by Crippen LogP contribution is -2.38. The minimum absolute atomic E-state index is 0.0171. The summed E-state index contributed by atoms with van der Waals surface area (Å²) in [5.41, 5.74) is 7.02. The van der Waals surface area contributed by atoms with Crippen molar-refractivity contribution in [3.8, 4) is 0 Å². The molecule has 0 radical (unpaired) electrons. The van der Waals surface area contributed by atoms with Crippen molar-refractivity contribution in [2.24, 2.45) is 0 Å². The van der Waals surface area contributed by atoms with Gasteiger partial charge in [-0.25, -0.2) is 4.79 Å². The molecule has 0 spiro atoms. The Morgan fingerprint density at radius 3 is 2.39 bits per heavy atom. The highest BCUT2D eigenvalue weighted by Gasteiger charge is 2.17. The van der Waals surface area contributed by atoms with Gasteiger partial charge in [-0.1, -0.05) is 12.1 Å². The monoisotopic (exact) mass is 250 g/mol. The van der Waals surface area contributed by atoms with Crippen LogP contribution in [0.1, 0.15) is 33.3 Å². The van der Waals surface area contributed by atoms with E-state index in [1.165, 1.54) is 0 Å². The number of amides is 1. The Balaban J connectivity index is 2.44. The van der Waals surface area contributed by atoms with E-state index in [4.69, 9.17) is 10.5 Å². The number of nitrogen functional groups attached to an aromatic ring is 1. The zero-order valence-corrected chi connectivity index (χ0v) is 11.5. The van der Waals surface area contributed by atoms with Gasteiger partial charge in [-0.3, -0.25) is 0 Å². The number of benzene rings is 1. The Kier molecular flexibility index (Phi) is 4.59. The summed E-state index contributed by atoms with van der Waals surface area (Å²) in [6.07, 6.45) is 0.366. The SMILES string of the molecule is CC(Cc1ccc(N)cc1)NC(=O)OC(C)(C)C. The molecule has 1 unspecified atom stereocenters. The zero-order chi connectivity index (χ0) is 13.8. The first-order valence-electron chi connectivity index (χ1n) is 6.10. The third-order valence-corrected chi connectivity index (χ3v) is 2.28. The van der Waals surface area contributed by atoms with E-state index in [2.05, 4.69) is 5.32 Å². The van der Waals surface area contributed by atoms with Gasteiger partial charge in [0.05, 0.1) is 0 Å². The van der Waals surface area contributed by atoms with Crippen molar-refractivity contribution >= 4 is 11.8 Å². The molecule has 1 atom stereocenters. The smallest absolute Gasteiger partial charge is 0.407 e. The molecule has 0 bridgehead atoms. The van der Waals surface area contributed by atoms with Gasteiger partial charge in [0.1, 0.15) is 5.60 Å². The van der Waals surface area contributed by atoms with E-state index < -0.39 is 5.60 Å². The van der Waals surface area contributed by atoms with Crippen molar-refractivity contribution in [3.63, 3.8) is 0 Å². The van der Waals surface area contributed by atoms with Gasteiger partial charge in [0, 0.05) is 11.7 Å². The Bertz CT molecular complexity index is 393. The lowest BCUT2D eigenvalue weighted by atomic mass is 10.1. The molecule has 0 fully saturated rings. The number of ether oxygens (including phenoxy) is 1. The number of carbonyl (C=O) groups is 1. The molecule has 4 heteroatoms. The maximum Gasteiger partial charge on any atom is 0.407 e. The number of hydrogen-bond acceptors (Lipinski definition) is 3. The van der Waals surface area contributed by atoms with Gasteiger partial charge >= 0.3 is 6.09 Å². The fourth-order valence-electron chi connectivity index (χ4n) is 1.57. The number of alkyl carbamates (subject to hydrolysis) is 1. The molecule has 0 aliphatic carbocycles. The van der Waals surface area contributed by atoms with Gasteiger partial charge in [-0.05, 0) is 51.8 Å². The summed E-state index contributed by atoms with van der Waals surface area (Å²) in [4.78, 5) is 11.6. The number of carbonyl (C=O) groups excluding carboxylic acids is 1. The number of anilines is 1. The number of hydrogen-bond donors (Lipinski definition) is 2. The Labute approximate surface area is 109 Å². The minimum Gasteiger partial charge on any atom is -0.444 e. The fourth-order valence-corrected chi connectivity index (χ4v) is 1.57. The maximum absolute atomic E-state index is 11.6. The summed E-state index contributed by atoms with van der Waals surface area (Å²) in [6, 6.07) is 7.65. The number of rotatable bonds is 3. The summed E-state index contributed by atoms with van der Waals surface area (Å²) in [6.45, 7) is 7.48. The van der Waals surface area contributed by atoms with Crippen LogP contribution in [-0.2, 0) is 11.2 Å². The molecule has 0 saturated carbocycles. The average Bonchev–Trinajstić information content (AvgIpc) is 2.18. The molecule has 0 aliphatic heterocycles. The first-order valence-corrected chi connectivity index (χ1v) is 6.10. The van der Waals surface area contributed by atoms with E-state index in [-0.39, 0.29) is 12.1 Å². The predicted octanol–water partition coefficient (Wildman–Crippen LogP) is 2.72. The highest BCUT2D eigenvalue weighted by atomic mass is 16.6. The second kappa shape index (κ2) is 5.76. The highest BCUT2D eigenvalue weighted by molar-refractivity contribution is 5.68. The van der Waals surface area contributed by atoms with Gasteiger partial charge in [-0.2, -0.15) is 0 Å². The molecule has 3 N–H and O–H groups in total. The summed E-state index contributed by atoms with van der Waals surface area (Å²) in [7, 11) is 0. The number of nitrogens with two attached hydrogens (primary N) is 1. The van der Waals surface area contributed by atoms with E-state index in [0.29, 0.717) is 0 Å². The summed E-state index contributed by atoms with van der Waals surface area (Å²) in [5.74, 6) is 0. The van der Waals surface area contributed by atoms with Gasteiger partial charge in [-0.15, -0.1) is 0 Å². The molecule has 1 amide bonds. The van der Waals surface area contributed by atoms with Gasteiger partial charge in [0.15, 0.2) is 0 Å². The molecule has 100 valence electrons. The molecular weight excluding hydrogens is 228 g/mol. The van der Waals surface area contributed by atoms with Crippen molar-refractivity contribution < 1.29 is 9.53 Å². The molecule has 1 aromatic rings. The second-order valence-electron chi connectivity index (χ2n) is 5.49. The largest absolute Gasteiger partial charge is 0.444 e. The van der Waals surface area contributed by atoms with Gasteiger partial charge in [0.2, 0.25) is 0 Å². The van der Waals surface area contributed by atoms with E-state index in [0.717, 1.165) is 17.7 Å². The lowest BCUT2D eigenvalue weighted by Gasteiger charge is -2.22. The van der Waals surface area contributed by atoms with Crippen LogP contribution >= 0.6 is 0 Å². The van der Waals surface area contributed by atoms with Gasteiger partial charge < -0.3 is 15.8 Å². The van der Waals surface area contributed by atoms with Crippen molar-refractivity contribution in [3.05, 3.63) is 29.8 Å². The summed E-state index contributed by atoms with van der Waals surface area (Å²) in [5, 5.41) is 2.81. The first-order chi connectivity index (χ1) is 8.26. The average molecular weight is 250 g/mol. The van der Waals surface area contributed by atoms with Crippen molar-refractivity contribution in [1.82, 2.24) is 5.32 Å². The normalized spacial score (nSPS) is 12.9. The van der Waals surface area contributed by atoms with Crippen LogP contribution < -0.4 is 11.1 Å². The van der Waals surface area contributed by atoms with Crippen LogP contribution in [-0.4, -0.2) is 17.7 Å². The van der Waals surface area contributed by atoms with Crippen molar-refractivity contribution in [2.45, 2.75) is 45.8 Å². The molecule has 0 aromatic heterocycles. The zero-order valence-electron chi connectivity index (χ0n) is 11.5. The highest BCUT2D eigenvalue weighted by Crippen LogP contribution is 2.09. The number of nitrogens with one attached hydrogen (secondary N) is 1. The summed E-state index contributed by atoms with van der Waals surface area (Å²) >= 11 is 0. The third-order valence-electron chi connectivity index (χ3n) is 2.28. The Hall–Kier alpha value is -1.71. The lowest BCUT2D eigenvalue weighted by molar-refractivity contribution is 0.0508. The predicted molar refractivity (Wildman–Crippen MR) is 73.4 cm³/mol. The van der Waals surface area contributed by atoms with E-state index in [1.807, 2.05) is 52.0 Å². The topological polar surface area (TPSA) is 64.3 Å². The van der Waals surface area contributed by atoms with Crippen LogP contribution in [0.4, 0.5) is 10.5 Å². The van der Waals surface area contributed by atoms with Crippen LogP contribution in [0.5, 0.6) is 0 Å². The van der Waals surface area contributed by atoms with Crippen molar-refractivity contribution in [2.75, 3.05) is 5.73 Å². The quantitative estimate of drug-likeness (QED) is 0.811. The molecule has 4 nitrogen and oxygen atoms in total. The van der Waals surface area contributed by atoms with Crippen LogP contribution in [0.2, 0.25) is 0 Å². The molecule has 0 heterocycles. The standard InChI is InChI=1S/C14H22N2O2/c1-10(16-13(17)18-14(2,3)4)9-11-5-7-12(15)8-6-11/h5-8,10H,9,15H2,1-4H3,(H,16,17). The first kappa shape index (κ1) is 14.4. The molecule has 0 saturated heterocycles. The van der Waals surface area contributed by atoms with Crippen molar-refractivity contribution in [1.29, 1.82) is 0 Å². The summed E-state index contributed by atoms with van der Waals surface area (Å²) < 4.78 is 5.20. The van der Waals surface area contributed by atoms with E-state index in [1.54, 1.807) is 0 Å². The molecular formula is C14H22N2O2. The van der Waals surface area contributed by atoms with E-state index in [9.17, 15) is 4.79 Å². The fraction of sp³-hybridized carbons (Fsp3) is 0.500. The maximum atomic E-state index is 11.6. The molecule has 1 rings (SSSR count). The second-order valence-corrected chi connectivity index (χ2v) is 5.49.